The summed E-state index contributed by atoms with van der Waals surface area (Å²) < 4.78 is 0. The van der Waals surface area contributed by atoms with E-state index in [0.29, 0.717) is 10.7 Å². The number of aryl methyl sites for hydroxylation is 2. The fourth-order valence-corrected chi connectivity index (χ4v) is 2.51. The molecule has 0 heterocycles. The normalized spacial score (nSPS) is 10.1. The van der Waals surface area contributed by atoms with Gasteiger partial charge in [-0.2, -0.15) is 0 Å². The molecular formula is C18H20N2OS. The van der Waals surface area contributed by atoms with Crippen molar-refractivity contribution in [3.63, 3.8) is 0 Å². The molecule has 2 N–H and O–H groups in total. The Hall–Kier alpha value is -2.20. The zero-order valence-electron chi connectivity index (χ0n) is 13.1. The van der Waals surface area contributed by atoms with Gasteiger partial charge in [-0.05, 0) is 55.7 Å². The fraction of sp³-hybridized carbons (Fsp3) is 0.222. The third-order valence-corrected chi connectivity index (χ3v) is 3.71. The van der Waals surface area contributed by atoms with Crippen LogP contribution in [-0.2, 0) is 6.42 Å². The first-order valence-electron chi connectivity index (χ1n) is 7.28. The average Bonchev–Trinajstić information content (AvgIpc) is 2.49. The Kier molecular flexibility index (Phi) is 5.28. The van der Waals surface area contributed by atoms with E-state index in [4.69, 9.17) is 12.2 Å². The van der Waals surface area contributed by atoms with Gasteiger partial charge >= 0.3 is 0 Å². The maximum atomic E-state index is 11.4. The molecule has 3 nitrogen and oxygen atoms in total. The van der Waals surface area contributed by atoms with Gasteiger partial charge < -0.3 is 10.6 Å². The predicted molar refractivity (Wildman–Crippen MR) is 96.8 cm³/mol. The molecule has 2 aromatic carbocycles. The molecule has 4 heteroatoms. The molecule has 0 aromatic heterocycles. The zero-order valence-corrected chi connectivity index (χ0v) is 13.9. The summed E-state index contributed by atoms with van der Waals surface area (Å²) in [6.07, 6.45) is 0.937. The van der Waals surface area contributed by atoms with Crippen molar-refractivity contribution in [3.05, 3.63) is 59.2 Å². The molecule has 0 amide bonds. The fourth-order valence-electron chi connectivity index (χ4n) is 2.29. The van der Waals surface area contributed by atoms with Crippen molar-refractivity contribution in [2.24, 2.45) is 0 Å². The molecule has 114 valence electrons. The number of carbonyl (C=O) groups is 1. The minimum Gasteiger partial charge on any atom is -0.332 e. The van der Waals surface area contributed by atoms with E-state index in [9.17, 15) is 4.79 Å². The van der Waals surface area contributed by atoms with Crippen molar-refractivity contribution in [1.82, 2.24) is 0 Å². The summed E-state index contributed by atoms with van der Waals surface area (Å²) in [6.45, 7) is 5.73. The molecule has 0 aliphatic carbocycles. The number of anilines is 2. The van der Waals surface area contributed by atoms with Gasteiger partial charge in [-0.1, -0.05) is 37.3 Å². The number of carbonyl (C=O) groups excluding carboxylic acids is 1. The van der Waals surface area contributed by atoms with Crippen molar-refractivity contribution in [2.45, 2.75) is 27.2 Å². The van der Waals surface area contributed by atoms with E-state index in [1.54, 1.807) is 19.1 Å². The molecular weight excluding hydrogens is 292 g/mol. The second kappa shape index (κ2) is 7.18. The Labute approximate surface area is 136 Å². The first kappa shape index (κ1) is 16.2. The number of benzene rings is 2. The second-order valence-electron chi connectivity index (χ2n) is 5.18. The molecule has 0 atom stereocenters. The molecule has 0 spiro atoms. The van der Waals surface area contributed by atoms with Crippen LogP contribution < -0.4 is 10.6 Å². The van der Waals surface area contributed by atoms with Crippen molar-refractivity contribution < 1.29 is 4.79 Å². The molecule has 0 radical (unpaired) electrons. The van der Waals surface area contributed by atoms with Gasteiger partial charge in [0.25, 0.3) is 0 Å². The molecule has 0 aliphatic rings. The maximum absolute atomic E-state index is 11.4. The number of hydrogen-bond acceptors (Lipinski definition) is 2. The zero-order chi connectivity index (χ0) is 16.1. The summed E-state index contributed by atoms with van der Waals surface area (Å²) in [5.41, 5.74) is 4.89. The Morgan fingerprint density at radius 2 is 1.86 bits per heavy atom. The number of nitrogens with one attached hydrogen (secondary N) is 2. The quantitative estimate of drug-likeness (QED) is 0.641. The summed E-state index contributed by atoms with van der Waals surface area (Å²) in [5.74, 6) is 0.0368. The van der Waals surface area contributed by atoms with Crippen LogP contribution in [0.1, 0.15) is 35.3 Å². The van der Waals surface area contributed by atoms with Crippen LogP contribution in [0.4, 0.5) is 11.4 Å². The Morgan fingerprint density at radius 1 is 1.14 bits per heavy atom. The minimum atomic E-state index is 0.0368. The number of ketones is 1. The predicted octanol–water partition coefficient (Wildman–Crippen LogP) is 4.57. The minimum absolute atomic E-state index is 0.0368. The highest BCUT2D eigenvalue weighted by Gasteiger charge is 2.07. The largest absolute Gasteiger partial charge is 0.332 e. The number of hydrogen-bond donors (Lipinski definition) is 2. The summed E-state index contributed by atoms with van der Waals surface area (Å²) >= 11 is 5.39. The lowest BCUT2D eigenvalue weighted by Crippen LogP contribution is -2.20. The molecule has 2 rings (SSSR count). The van der Waals surface area contributed by atoms with Gasteiger partial charge in [-0.25, -0.2) is 0 Å². The second-order valence-corrected chi connectivity index (χ2v) is 5.59. The Morgan fingerprint density at radius 3 is 2.55 bits per heavy atom. The van der Waals surface area contributed by atoms with Crippen LogP contribution in [0.25, 0.3) is 0 Å². The molecule has 0 saturated carbocycles. The summed E-state index contributed by atoms with van der Waals surface area (Å²) in [5, 5.41) is 6.91. The Bertz CT molecular complexity index is 710. The van der Waals surface area contributed by atoms with E-state index < -0.39 is 0 Å². The van der Waals surface area contributed by atoms with Crippen LogP contribution in [-0.4, -0.2) is 10.9 Å². The van der Waals surface area contributed by atoms with Gasteiger partial charge in [0, 0.05) is 16.9 Å². The first-order valence-corrected chi connectivity index (χ1v) is 7.69. The molecule has 22 heavy (non-hydrogen) atoms. The van der Waals surface area contributed by atoms with Crippen LogP contribution in [0.15, 0.2) is 42.5 Å². The summed E-state index contributed by atoms with van der Waals surface area (Å²) in [7, 11) is 0. The van der Waals surface area contributed by atoms with E-state index in [0.717, 1.165) is 23.4 Å². The molecule has 0 fully saturated rings. The van der Waals surface area contributed by atoms with Gasteiger partial charge in [0.1, 0.15) is 0 Å². The van der Waals surface area contributed by atoms with Crippen molar-refractivity contribution in [1.29, 1.82) is 0 Å². The molecule has 0 aliphatic heterocycles. The number of para-hydroxylation sites is 1. The number of Topliss-reactive ketones (excluding diaryl/α,β-unsaturated/α-hetero) is 1. The lowest BCUT2D eigenvalue weighted by molar-refractivity contribution is 0.101. The van der Waals surface area contributed by atoms with Crippen LogP contribution >= 0.6 is 12.2 Å². The lowest BCUT2D eigenvalue weighted by atomic mass is 10.1. The standard InChI is InChI=1S/C18H20N2OS/c1-4-14-8-5-7-12(2)17(14)20-18(22)19-16-10-6-9-15(11-16)13(3)21/h5-11H,4H2,1-3H3,(H2,19,20,22). The van der Waals surface area contributed by atoms with Gasteiger partial charge in [0.15, 0.2) is 10.9 Å². The average molecular weight is 312 g/mol. The van der Waals surface area contributed by atoms with Crippen LogP contribution in [0, 0.1) is 6.92 Å². The molecule has 0 unspecified atom stereocenters. The van der Waals surface area contributed by atoms with E-state index in [1.165, 1.54) is 5.56 Å². The molecule has 0 saturated heterocycles. The summed E-state index contributed by atoms with van der Waals surface area (Å²) in [6, 6.07) is 13.5. The highest BCUT2D eigenvalue weighted by atomic mass is 32.1. The van der Waals surface area contributed by atoms with Crippen LogP contribution in [0.5, 0.6) is 0 Å². The third-order valence-electron chi connectivity index (χ3n) is 3.51. The van der Waals surface area contributed by atoms with E-state index >= 15 is 0 Å². The number of thiocarbonyl (C=S) groups is 1. The first-order chi connectivity index (χ1) is 10.5. The van der Waals surface area contributed by atoms with Crippen molar-refractivity contribution in [2.75, 3.05) is 10.6 Å². The SMILES string of the molecule is CCc1cccc(C)c1NC(=S)Nc1cccc(C(C)=O)c1. The number of rotatable bonds is 4. The topological polar surface area (TPSA) is 41.1 Å². The highest BCUT2D eigenvalue weighted by Crippen LogP contribution is 2.21. The van der Waals surface area contributed by atoms with Crippen LogP contribution in [0.3, 0.4) is 0 Å². The van der Waals surface area contributed by atoms with Crippen molar-refractivity contribution in [3.8, 4) is 0 Å². The van der Waals surface area contributed by atoms with Gasteiger partial charge in [-0.15, -0.1) is 0 Å². The molecule has 2 aromatic rings. The third kappa shape index (κ3) is 3.92. The van der Waals surface area contributed by atoms with Crippen molar-refractivity contribution >= 4 is 34.5 Å². The van der Waals surface area contributed by atoms with Gasteiger partial charge in [0.05, 0.1) is 0 Å². The van der Waals surface area contributed by atoms with E-state index in [-0.39, 0.29) is 5.78 Å². The Balaban J connectivity index is 2.14. The van der Waals surface area contributed by atoms with Gasteiger partial charge in [0.2, 0.25) is 0 Å². The van der Waals surface area contributed by atoms with E-state index in [2.05, 4.69) is 36.6 Å². The maximum Gasteiger partial charge on any atom is 0.175 e. The smallest absolute Gasteiger partial charge is 0.175 e. The molecule has 0 bridgehead atoms. The van der Waals surface area contributed by atoms with Crippen LogP contribution in [0.2, 0.25) is 0 Å². The highest BCUT2D eigenvalue weighted by molar-refractivity contribution is 7.80. The summed E-state index contributed by atoms with van der Waals surface area (Å²) in [4.78, 5) is 11.4. The monoisotopic (exact) mass is 312 g/mol. The lowest BCUT2D eigenvalue weighted by Gasteiger charge is -2.16. The van der Waals surface area contributed by atoms with Gasteiger partial charge in [-0.3, -0.25) is 4.79 Å². The van der Waals surface area contributed by atoms with E-state index in [1.807, 2.05) is 18.2 Å².